The Balaban J connectivity index is 1.85. The van der Waals surface area contributed by atoms with Crippen LogP contribution >= 0.6 is 0 Å². The van der Waals surface area contributed by atoms with Gasteiger partial charge in [-0.15, -0.1) is 0 Å². The topological polar surface area (TPSA) is 95.6 Å². The lowest BCUT2D eigenvalue weighted by molar-refractivity contribution is 0.0997. The van der Waals surface area contributed by atoms with Gasteiger partial charge in [0.25, 0.3) is 5.91 Å². The van der Waals surface area contributed by atoms with Crippen LogP contribution in [0.1, 0.15) is 40.9 Å². The Morgan fingerprint density at radius 2 is 1.92 bits per heavy atom. The number of aliphatic hydroxyl groups is 1. The first-order chi connectivity index (χ1) is 11.5. The number of hydrogen-bond acceptors (Lipinski definition) is 4. The minimum atomic E-state index is -0.775. The predicted octanol–water partition coefficient (Wildman–Crippen LogP) is 2.14. The highest BCUT2D eigenvalue weighted by molar-refractivity contribution is 5.95. The minimum Gasteiger partial charge on any atom is -0.507 e. The molecule has 0 bridgehead atoms. The van der Waals surface area contributed by atoms with Crippen molar-refractivity contribution >= 4 is 5.91 Å². The van der Waals surface area contributed by atoms with Crippen LogP contribution in [0.5, 0.6) is 5.75 Å². The van der Waals surface area contributed by atoms with Gasteiger partial charge in [-0.1, -0.05) is 36.4 Å². The number of hydrogen-bond donors (Lipinski definition) is 4. The zero-order valence-corrected chi connectivity index (χ0v) is 13.8. The van der Waals surface area contributed by atoms with E-state index in [1.165, 1.54) is 17.7 Å². The summed E-state index contributed by atoms with van der Waals surface area (Å²) in [6.07, 6.45) is 1.15. The maximum atomic E-state index is 11.2. The third kappa shape index (κ3) is 5.08. The number of nitrogens with two attached hydrogens (primary N) is 1. The summed E-state index contributed by atoms with van der Waals surface area (Å²) in [6, 6.07) is 14.9. The molecule has 0 heterocycles. The summed E-state index contributed by atoms with van der Waals surface area (Å²) in [5, 5.41) is 23.1. The molecule has 1 unspecified atom stereocenters. The lowest BCUT2D eigenvalue weighted by atomic mass is 10.0. The Labute approximate surface area is 142 Å². The summed E-state index contributed by atoms with van der Waals surface area (Å²) < 4.78 is 0. The number of aryl methyl sites for hydroxylation is 1. The summed E-state index contributed by atoms with van der Waals surface area (Å²) in [5.74, 6) is -0.895. The molecular weight excluding hydrogens is 304 g/mol. The van der Waals surface area contributed by atoms with Crippen LogP contribution in [0.2, 0.25) is 0 Å². The molecule has 0 fully saturated rings. The molecule has 5 heteroatoms. The molecule has 24 heavy (non-hydrogen) atoms. The molecule has 128 valence electrons. The second-order valence-electron chi connectivity index (χ2n) is 5.99. The van der Waals surface area contributed by atoms with Gasteiger partial charge in [0, 0.05) is 12.6 Å². The Bertz CT molecular complexity index is 674. The fraction of sp³-hybridized carbons (Fsp3) is 0.316. The van der Waals surface area contributed by atoms with Gasteiger partial charge in [0.15, 0.2) is 0 Å². The molecule has 2 aromatic rings. The van der Waals surface area contributed by atoms with Crippen molar-refractivity contribution in [2.45, 2.75) is 31.9 Å². The first-order valence-corrected chi connectivity index (χ1v) is 8.05. The molecule has 0 aromatic heterocycles. The molecule has 2 aromatic carbocycles. The number of amides is 1. The summed E-state index contributed by atoms with van der Waals surface area (Å²) in [5.41, 5.74) is 7.06. The second kappa shape index (κ2) is 8.47. The Morgan fingerprint density at radius 1 is 1.21 bits per heavy atom. The highest BCUT2D eigenvalue weighted by atomic mass is 16.3. The standard InChI is InChI=1S/C19H24N2O3/c1-13(7-8-14-5-3-2-4-6-14)21-12-18(23)15-9-10-17(22)16(11-15)19(20)24/h2-6,9-11,13,18,21-23H,7-8,12H2,1H3,(H2,20,24)/t13-,18?/m1/s1. The van der Waals surface area contributed by atoms with Crippen LogP contribution in [0, 0.1) is 0 Å². The molecule has 2 rings (SSSR count). The minimum absolute atomic E-state index is 0.0173. The normalized spacial score (nSPS) is 13.4. The molecule has 0 saturated carbocycles. The molecular formula is C19H24N2O3. The number of carbonyl (C=O) groups is 1. The zero-order chi connectivity index (χ0) is 17.5. The molecule has 5 nitrogen and oxygen atoms in total. The van der Waals surface area contributed by atoms with Crippen molar-refractivity contribution in [3.05, 3.63) is 65.2 Å². The van der Waals surface area contributed by atoms with Gasteiger partial charge in [-0.2, -0.15) is 0 Å². The van der Waals surface area contributed by atoms with Crippen molar-refractivity contribution in [2.24, 2.45) is 5.73 Å². The Kier molecular flexibility index (Phi) is 6.35. The number of phenols is 1. The van der Waals surface area contributed by atoms with E-state index in [0.717, 1.165) is 12.8 Å². The van der Waals surface area contributed by atoms with E-state index >= 15 is 0 Å². The molecule has 0 radical (unpaired) electrons. The van der Waals surface area contributed by atoms with Crippen LogP contribution in [-0.2, 0) is 6.42 Å². The molecule has 0 aliphatic carbocycles. The summed E-state index contributed by atoms with van der Waals surface area (Å²) in [6.45, 7) is 2.43. The highest BCUT2D eigenvalue weighted by Gasteiger charge is 2.14. The van der Waals surface area contributed by atoms with E-state index in [1.54, 1.807) is 6.07 Å². The van der Waals surface area contributed by atoms with Crippen molar-refractivity contribution in [1.29, 1.82) is 0 Å². The third-order valence-electron chi connectivity index (χ3n) is 4.04. The maximum Gasteiger partial charge on any atom is 0.252 e. The quantitative estimate of drug-likeness (QED) is 0.597. The summed E-state index contributed by atoms with van der Waals surface area (Å²) in [7, 11) is 0. The van der Waals surface area contributed by atoms with Crippen molar-refractivity contribution < 1.29 is 15.0 Å². The predicted molar refractivity (Wildman–Crippen MR) is 93.8 cm³/mol. The summed E-state index contributed by atoms with van der Waals surface area (Å²) >= 11 is 0. The van der Waals surface area contributed by atoms with Gasteiger partial charge < -0.3 is 21.3 Å². The van der Waals surface area contributed by atoms with Crippen LogP contribution in [0.25, 0.3) is 0 Å². The van der Waals surface area contributed by atoms with E-state index < -0.39 is 12.0 Å². The molecule has 1 amide bonds. The van der Waals surface area contributed by atoms with E-state index in [2.05, 4.69) is 24.4 Å². The van der Waals surface area contributed by atoms with E-state index in [0.29, 0.717) is 12.1 Å². The van der Waals surface area contributed by atoms with Crippen molar-refractivity contribution in [1.82, 2.24) is 5.32 Å². The number of aliphatic hydroxyl groups excluding tert-OH is 1. The van der Waals surface area contributed by atoms with Gasteiger partial charge in [-0.25, -0.2) is 0 Å². The monoisotopic (exact) mass is 328 g/mol. The van der Waals surface area contributed by atoms with Crippen LogP contribution in [0.3, 0.4) is 0 Å². The van der Waals surface area contributed by atoms with E-state index in [-0.39, 0.29) is 17.4 Å². The largest absolute Gasteiger partial charge is 0.507 e. The van der Waals surface area contributed by atoms with E-state index in [9.17, 15) is 15.0 Å². The third-order valence-corrected chi connectivity index (χ3v) is 4.04. The lowest BCUT2D eigenvalue weighted by Gasteiger charge is -2.18. The SMILES string of the molecule is C[C@H](CCc1ccccc1)NCC(O)c1ccc(O)c(C(N)=O)c1. The zero-order valence-electron chi connectivity index (χ0n) is 13.8. The number of benzene rings is 2. The average Bonchev–Trinajstić information content (AvgIpc) is 2.59. The van der Waals surface area contributed by atoms with Crippen molar-refractivity contribution in [2.75, 3.05) is 6.54 Å². The van der Waals surface area contributed by atoms with Crippen LogP contribution in [-0.4, -0.2) is 28.7 Å². The van der Waals surface area contributed by atoms with E-state index in [4.69, 9.17) is 5.73 Å². The Hall–Kier alpha value is -2.37. The Morgan fingerprint density at radius 3 is 2.58 bits per heavy atom. The van der Waals surface area contributed by atoms with Crippen LogP contribution < -0.4 is 11.1 Å². The molecule has 0 spiro atoms. The fourth-order valence-electron chi connectivity index (χ4n) is 2.52. The summed E-state index contributed by atoms with van der Waals surface area (Å²) in [4.78, 5) is 11.2. The van der Waals surface area contributed by atoms with Gasteiger partial charge in [0.2, 0.25) is 0 Å². The number of primary amides is 1. The highest BCUT2D eigenvalue weighted by Crippen LogP contribution is 2.22. The molecule has 2 atom stereocenters. The number of carbonyl (C=O) groups excluding carboxylic acids is 1. The number of nitrogens with one attached hydrogen (secondary N) is 1. The molecule has 0 aliphatic heterocycles. The van der Waals surface area contributed by atoms with Gasteiger partial charge >= 0.3 is 0 Å². The lowest BCUT2D eigenvalue weighted by Crippen LogP contribution is -2.31. The maximum absolute atomic E-state index is 11.2. The average molecular weight is 328 g/mol. The molecule has 0 aliphatic rings. The van der Waals surface area contributed by atoms with Crippen LogP contribution in [0.4, 0.5) is 0 Å². The number of rotatable bonds is 8. The first-order valence-electron chi connectivity index (χ1n) is 8.05. The van der Waals surface area contributed by atoms with Gasteiger partial charge in [0.1, 0.15) is 5.75 Å². The van der Waals surface area contributed by atoms with Gasteiger partial charge in [-0.3, -0.25) is 4.79 Å². The van der Waals surface area contributed by atoms with Crippen LogP contribution in [0.15, 0.2) is 48.5 Å². The van der Waals surface area contributed by atoms with E-state index in [1.807, 2.05) is 18.2 Å². The van der Waals surface area contributed by atoms with Crippen molar-refractivity contribution in [3.8, 4) is 5.75 Å². The smallest absolute Gasteiger partial charge is 0.252 e. The second-order valence-corrected chi connectivity index (χ2v) is 5.99. The molecule has 5 N–H and O–H groups in total. The number of aromatic hydroxyl groups is 1. The van der Waals surface area contributed by atoms with Crippen molar-refractivity contribution in [3.63, 3.8) is 0 Å². The first kappa shape index (κ1) is 18.0. The van der Waals surface area contributed by atoms with Gasteiger partial charge in [-0.05, 0) is 43.0 Å². The molecule has 0 saturated heterocycles. The fourth-order valence-corrected chi connectivity index (χ4v) is 2.52. The van der Waals surface area contributed by atoms with Gasteiger partial charge in [0.05, 0.1) is 11.7 Å².